The number of hydrogen-bond donors (Lipinski definition) is 5. The molecular formula is C10H19BN2O5. The monoisotopic (exact) mass is 258 g/mol. The Hall–Kier alpha value is -1.12. The Morgan fingerprint density at radius 3 is 2.61 bits per heavy atom. The molecule has 5 N–H and O–H groups in total. The number of rotatable bonds is 6. The average Bonchev–Trinajstić information content (AvgIpc) is 2.60. The van der Waals surface area contributed by atoms with E-state index in [0.717, 1.165) is 0 Å². The second-order valence-electron chi connectivity index (χ2n) is 4.61. The standard InChI is InChI=1S/C10H19BN2O5/c1-6(14)13-8-5-12-9(10(15)16)7(8)3-2-4-11(17)18/h7-9,12,17-18H,2-5H2,1H3,(H,13,14)(H,15,16)/t7-,8+,9+/m1/s1. The van der Waals surface area contributed by atoms with Crippen molar-refractivity contribution in [3.8, 4) is 0 Å². The minimum Gasteiger partial charge on any atom is -0.480 e. The molecule has 0 aromatic heterocycles. The second-order valence-corrected chi connectivity index (χ2v) is 4.61. The molecule has 3 atom stereocenters. The lowest BCUT2D eigenvalue weighted by Gasteiger charge is -2.22. The van der Waals surface area contributed by atoms with E-state index in [1.165, 1.54) is 6.92 Å². The summed E-state index contributed by atoms with van der Waals surface area (Å²) in [4.78, 5) is 22.1. The average molecular weight is 258 g/mol. The summed E-state index contributed by atoms with van der Waals surface area (Å²) in [5.74, 6) is -1.37. The van der Waals surface area contributed by atoms with Gasteiger partial charge in [-0.05, 0) is 12.7 Å². The van der Waals surface area contributed by atoms with Crippen LogP contribution in [0.15, 0.2) is 0 Å². The maximum absolute atomic E-state index is 11.1. The third-order valence-electron chi connectivity index (χ3n) is 3.16. The third kappa shape index (κ3) is 4.28. The number of carboxylic acid groups (broad SMARTS) is 1. The van der Waals surface area contributed by atoms with Crippen molar-refractivity contribution in [1.82, 2.24) is 10.6 Å². The zero-order chi connectivity index (χ0) is 13.7. The minimum atomic E-state index is -1.37. The van der Waals surface area contributed by atoms with Gasteiger partial charge < -0.3 is 25.8 Å². The number of nitrogens with one attached hydrogen (secondary N) is 2. The molecular weight excluding hydrogens is 239 g/mol. The van der Waals surface area contributed by atoms with Gasteiger partial charge in [0.15, 0.2) is 0 Å². The van der Waals surface area contributed by atoms with E-state index in [9.17, 15) is 9.59 Å². The molecule has 0 aliphatic carbocycles. The molecule has 18 heavy (non-hydrogen) atoms. The summed E-state index contributed by atoms with van der Waals surface area (Å²) in [6.45, 7) is 1.81. The molecule has 1 fully saturated rings. The van der Waals surface area contributed by atoms with E-state index in [1.807, 2.05) is 0 Å². The molecule has 0 bridgehead atoms. The predicted octanol–water partition coefficient (Wildman–Crippen LogP) is -1.58. The van der Waals surface area contributed by atoms with E-state index in [-0.39, 0.29) is 24.2 Å². The van der Waals surface area contributed by atoms with Crippen molar-refractivity contribution in [3.63, 3.8) is 0 Å². The Morgan fingerprint density at radius 2 is 2.11 bits per heavy atom. The summed E-state index contributed by atoms with van der Waals surface area (Å²) >= 11 is 0. The van der Waals surface area contributed by atoms with Gasteiger partial charge in [0.1, 0.15) is 6.04 Å². The Morgan fingerprint density at radius 1 is 1.44 bits per heavy atom. The summed E-state index contributed by atoms with van der Waals surface area (Å²) in [6.07, 6.45) is 1.23. The van der Waals surface area contributed by atoms with E-state index >= 15 is 0 Å². The van der Waals surface area contributed by atoms with Gasteiger partial charge >= 0.3 is 13.1 Å². The van der Waals surface area contributed by atoms with E-state index in [2.05, 4.69) is 10.6 Å². The van der Waals surface area contributed by atoms with E-state index in [1.54, 1.807) is 0 Å². The number of hydrogen-bond acceptors (Lipinski definition) is 5. The van der Waals surface area contributed by atoms with Crippen LogP contribution in [0, 0.1) is 5.92 Å². The zero-order valence-corrected chi connectivity index (χ0v) is 10.3. The highest BCUT2D eigenvalue weighted by Crippen LogP contribution is 2.23. The van der Waals surface area contributed by atoms with Crippen molar-refractivity contribution < 1.29 is 24.7 Å². The lowest BCUT2D eigenvalue weighted by atomic mass is 9.80. The highest BCUT2D eigenvalue weighted by atomic mass is 16.4. The highest BCUT2D eigenvalue weighted by Gasteiger charge is 2.40. The van der Waals surface area contributed by atoms with Gasteiger partial charge in [0.25, 0.3) is 0 Å². The molecule has 0 radical (unpaired) electrons. The van der Waals surface area contributed by atoms with Gasteiger partial charge in [-0.25, -0.2) is 0 Å². The van der Waals surface area contributed by atoms with Crippen molar-refractivity contribution in [2.24, 2.45) is 5.92 Å². The van der Waals surface area contributed by atoms with E-state index in [0.29, 0.717) is 19.4 Å². The molecule has 1 rings (SSSR count). The highest BCUT2D eigenvalue weighted by molar-refractivity contribution is 6.40. The molecule has 1 aliphatic rings. The Kier molecular flexibility index (Phi) is 5.58. The number of carbonyl (C=O) groups is 2. The van der Waals surface area contributed by atoms with E-state index < -0.39 is 19.1 Å². The molecule has 102 valence electrons. The lowest BCUT2D eigenvalue weighted by molar-refractivity contribution is -0.140. The molecule has 1 heterocycles. The van der Waals surface area contributed by atoms with Gasteiger partial charge in [0.2, 0.25) is 5.91 Å². The summed E-state index contributed by atoms with van der Waals surface area (Å²) in [5, 5.41) is 32.2. The summed E-state index contributed by atoms with van der Waals surface area (Å²) < 4.78 is 0. The first-order chi connectivity index (χ1) is 8.41. The van der Waals surface area contributed by atoms with Gasteiger partial charge in [0.05, 0.1) is 0 Å². The second kappa shape index (κ2) is 6.72. The van der Waals surface area contributed by atoms with Crippen LogP contribution >= 0.6 is 0 Å². The van der Waals surface area contributed by atoms with Crippen LogP contribution in [0.3, 0.4) is 0 Å². The summed E-state index contributed by atoms with van der Waals surface area (Å²) in [7, 11) is -1.37. The smallest absolute Gasteiger partial charge is 0.451 e. The zero-order valence-electron chi connectivity index (χ0n) is 10.3. The first-order valence-corrected chi connectivity index (χ1v) is 6.01. The first kappa shape index (κ1) is 14.9. The number of amides is 1. The molecule has 1 amide bonds. The molecule has 7 nitrogen and oxygen atoms in total. The van der Waals surface area contributed by atoms with Gasteiger partial charge in [-0.15, -0.1) is 0 Å². The molecule has 0 saturated carbocycles. The van der Waals surface area contributed by atoms with Gasteiger partial charge in [-0.1, -0.05) is 6.42 Å². The van der Waals surface area contributed by atoms with Crippen LogP contribution in [0.1, 0.15) is 19.8 Å². The van der Waals surface area contributed by atoms with Crippen LogP contribution in [0.2, 0.25) is 6.32 Å². The molecule has 0 unspecified atom stereocenters. The Balaban J connectivity index is 2.57. The van der Waals surface area contributed by atoms with Crippen molar-refractivity contribution in [2.75, 3.05) is 6.54 Å². The van der Waals surface area contributed by atoms with Crippen molar-refractivity contribution >= 4 is 19.0 Å². The SMILES string of the molecule is CC(=O)N[C@H]1CN[C@H](C(=O)O)[C@@H]1CCCB(O)O. The minimum absolute atomic E-state index is 0.194. The Bertz CT molecular complexity index is 313. The molecule has 8 heteroatoms. The molecule has 1 aliphatic heterocycles. The van der Waals surface area contributed by atoms with Crippen molar-refractivity contribution in [2.45, 2.75) is 38.2 Å². The lowest BCUT2D eigenvalue weighted by Crippen LogP contribution is -2.41. The fourth-order valence-corrected chi connectivity index (χ4v) is 2.38. The molecule has 0 aromatic rings. The number of aliphatic carboxylic acids is 1. The number of carbonyl (C=O) groups excluding carboxylic acids is 1. The van der Waals surface area contributed by atoms with Crippen molar-refractivity contribution in [1.29, 1.82) is 0 Å². The number of carboxylic acids is 1. The van der Waals surface area contributed by atoms with Crippen LogP contribution in [-0.2, 0) is 9.59 Å². The van der Waals surface area contributed by atoms with Gasteiger partial charge in [0, 0.05) is 25.4 Å². The maximum atomic E-state index is 11.1. The quantitative estimate of drug-likeness (QED) is 0.367. The van der Waals surface area contributed by atoms with Crippen LogP contribution < -0.4 is 10.6 Å². The molecule has 0 aromatic carbocycles. The maximum Gasteiger partial charge on any atom is 0.451 e. The molecule has 1 saturated heterocycles. The first-order valence-electron chi connectivity index (χ1n) is 6.01. The van der Waals surface area contributed by atoms with Gasteiger partial charge in [-0.2, -0.15) is 0 Å². The summed E-state index contributed by atoms with van der Waals surface area (Å²) in [5.41, 5.74) is 0. The van der Waals surface area contributed by atoms with Crippen molar-refractivity contribution in [3.05, 3.63) is 0 Å². The largest absolute Gasteiger partial charge is 0.480 e. The third-order valence-corrected chi connectivity index (χ3v) is 3.16. The van der Waals surface area contributed by atoms with Crippen LogP contribution in [0.25, 0.3) is 0 Å². The van der Waals surface area contributed by atoms with E-state index in [4.69, 9.17) is 15.2 Å². The topological polar surface area (TPSA) is 119 Å². The van der Waals surface area contributed by atoms with Crippen LogP contribution in [0.5, 0.6) is 0 Å². The Labute approximate surface area is 106 Å². The van der Waals surface area contributed by atoms with Crippen LogP contribution in [-0.4, -0.2) is 52.8 Å². The molecule has 0 spiro atoms. The van der Waals surface area contributed by atoms with Gasteiger partial charge in [-0.3, -0.25) is 9.59 Å². The van der Waals surface area contributed by atoms with Crippen LogP contribution in [0.4, 0.5) is 0 Å². The fraction of sp³-hybridized carbons (Fsp3) is 0.800. The fourth-order valence-electron chi connectivity index (χ4n) is 2.38. The summed E-state index contributed by atoms with van der Waals surface area (Å²) in [6, 6.07) is -0.919. The normalized spacial score (nSPS) is 26.9. The predicted molar refractivity (Wildman–Crippen MR) is 64.8 cm³/mol.